The molecule has 0 amide bonds. The van der Waals surface area contributed by atoms with Gasteiger partial charge in [0.05, 0.1) is 12.5 Å². The summed E-state index contributed by atoms with van der Waals surface area (Å²) in [5, 5.41) is 8.58. The maximum Gasteiger partial charge on any atom is 0.347 e. The van der Waals surface area contributed by atoms with E-state index in [1.807, 2.05) is 0 Å². The summed E-state index contributed by atoms with van der Waals surface area (Å²) in [5.74, 6) is -1.96. The molecule has 2 atom stereocenters. The second-order valence-corrected chi connectivity index (χ2v) is 3.42. The van der Waals surface area contributed by atoms with Crippen LogP contribution in [-0.4, -0.2) is 36.2 Å². The Balaban J connectivity index is 3.62. The molecule has 0 aliphatic rings. The Kier molecular flexibility index (Phi) is 6.91. The highest BCUT2D eigenvalue weighted by atomic mass is 16.6. The number of hydrogen-bond donors (Lipinski definition) is 1. The average Bonchev–Trinajstić information content (AvgIpc) is 2.23. The van der Waals surface area contributed by atoms with Gasteiger partial charge in [-0.25, -0.2) is 4.79 Å². The maximum atomic E-state index is 11.1. The molecule has 0 aliphatic heterocycles. The predicted octanol–water partition coefficient (Wildman–Crippen LogP) is 0.592. The van der Waals surface area contributed by atoms with Crippen LogP contribution in [0.3, 0.4) is 0 Å². The summed E-state index contributed by atoms with van der Waals surface area (Å²) in [6, 6.07) is 0. The molecule has 1 N–H and O–H groups in total. The monoisotopic (exact) mass is 232 g/mol. The maximum absolute atomic E-state index is 11.1. The Morgan fingerprint density at radius 1 is 1.38 bits per heavy atom. The molecule has 0 aliphatic carbocycles. The fourth-order valence-electron chi connectivity index (χ4n) is 0.942. The number of carbonyl (C=O) groups excluding carboxylic acids is 2. The van der Waals surface area contributed by atoms with Gasteiger partial charge in [0.2, 0.25) is 0 Å². The first-order valence-corrected chi connectivity index (χ1v) is 4.97. The summed E-state index contributed by atoms with van der Waals surface area (Å²) in [7, 11) is 0. The van der Waals surface area contributed by atoms with Crippen LogP contribution in [0.4, 0.5) is 0 Å². The van der Waals surface area contributed by atoms with Gasteiger partial charge in [-0.1, -0.05) is 6.92 Å². The summed E-state index contributed by atoms with van der Waals surface area (Å²) in [6.45, 7) is 3.29. The highest BCUT2D eigenvalue weighted by Gasteiger charge is 2.15. The second-order valence-electron chi connectivity index (χ2n) is 3.42. The number of ether oxygens (including phenoxy) is 2. The second kappa shape index (κ2) is 7.67. The summed E-state index contributed by atoms with van der Waals surface area (Å²) >= 11 is 0. The highest BCUT2D eigenvalue weighted by Crippen LogP contribution is 2.05. The van der Waals surface area contributed by atoms with Crippen LogP contribution >= 0.6 is 0 Å². The largest absolute Gasteiger partial charge is 0.481 e. The molecule has 6 heteroatoms. The molecule has 0 aromatic carbocycles. The quantitative estimate of drug-likeness (QED) is 0.374. The van der Waals surface area contributed by atoms with E-state index in [4.69, 9.17) is 9.84 Å². The molecule has 0 radical (unpaired) electrons. The molecule has 92 valence electrons. The standard InChI is InChI=1S/C10H16O6/c1-7(9(12)13)4-3-5-15-10(14)8(2)16-6-11/h6-8H,3-5H2,1-2H3,(H,12,13). The van der Waals surface area contributed by atoms with E-state index >= 15 is 0 Å². The van der Waals surface area contributed by atoms with Crippen molar-refractivity contribution in [3.8, 4) is 0 Å². The summed E-state index contributed by atoms with van der Waals surface area (Å²) in [6.07, 6.45) is -0.0205. The zero-order chi connectivity index (χ0) is 12.6. The molecule has 16 heavy (non-hydrogen) atoms. The van der Waals surface area contributed by atoms with Crippen LogP contribution in [0.25, 0.3) is 0 Å². The number of aliphatic carboxylic acids is 1. The third-order valence-electron chi connectivity index (χ3n) is 2.04. The Morgan fingerprint density at radius 3 is 2.50 bits per heavy atom. The van der Waals surface area contributed by atoms with Crippen molar-refractivity contribution in [1.82, 2.24) is 0 Å². The van der Waals surface area contributed by atoms with Crippen molar-refractivity contribution >= 4 is 18.4 Å². The van der Waals surface area contributed by atoms with Crippen LogP contribution in [0, 0.1) is 5.92 Å². The molecule has 0 spiro atoms. The van der Waals surface area contributed by atoms with Gasteiger partial charge in [-0.05, 0) is 19.8 Å². The Bertz CT molecular complexity index is 250. The van der Waals surface area contributed by atoms with E-state index in [2.05, 4.69) is 4.74 Å². The van der Waals surface area contributed by atoms with Crippen LogP contribution in [0.15, 0.2) is 0 Å². The summed E-state index contributed by atoms with van der Waals surface area (Å²) < 4.78 is 9.14. The van der Waals surface area contributed by atoms with Crippen molar-refractivity contribution in [1.29, 1.82) is 0 Å². The van der Waals surface area contributed by atoms with Crippen LogP contribution < -0.4 is 0 Å². The van der Waals surface area contributed by atoms with Crippen LogP contribution in [0.5, 0.6) is 0 Å². The lowest BCUT2D eigenvalue weighted by molar-refractivity contribution is -0.160. The zero-order valence-corrected chi connectivity index (χ0v) is 9.34. The number of carboxylic acid groups (broad SMARTS) is 1. The zero-order valence-electron chi connectivity index (χ0n) is 9.34. The number of esters is 1. The molecule has 0 saturated heterocycles. The topological polar surface area (TPSA) is 89.9 Å². The normalized spacial score (nSPS) is 13.6. The van der Waals surface area contributed by atoms with Gasteiger partial charge in [0, 0.05) is 0 Å². The van der Waals surface area contributed by atoms with Gasteiger partial charge in [0.15, 0.2) is 6.10 Å². The summed E-state index contributed by atoms with van der Waals surface area (Å²) in [4.78, 5) is 31.5. The molecule has 0 aromatic rings. The van der Waals surface area contributed by atoms with E-state index in [0.29, 0.717) is 12.8 Å². The average molecular weight is 232 g/mol. The molecule has 0 saturated carbocycles. The lowest BCUT2D eigenvalue weighted by atomic mass is 10.1. The number of hydrogen-bond acceptors (Lipinski definition) is 5. The van der Waals surface area contributed by atoms with E-state index in [1.54, 1.807) is 6.92 Å². The Morgan fingerprint density at radius 2 is 2.00 bits per heavy atom. The van der Waals surface area contributed by atoms with Crippen LogP contribution in [0.2, 0.25) is 0 Å². The Labute approximate surface area is 93.5 Å². The summed E-state index contributed by atoms with van der Waals surface area (Å²) in [5.41, 5.74) is 0. The number of rotatable bonds is 8. The third-order valence-corrected chi connectivity index (χ3v) is 2.04. The van der Waals surface area contributed by atoms with Gasteiger partial charge in [-0.15, -0.1) is 0 Å². The fraction of sp³-hybridized carbons (Fsp3) is 0.700. The molecule has 0 bridgehead atoms. The molecular weight excluding hydrogens is 216 g/mol. The minimum absolute atomic E-state index is 0.128. The molecule has 0 aromatic heterocycles. The molecule has 2 unspecified atom stereocenters. The third kappa shape index (κ3) is 6.00. The molecular formula is C10H16O6. The number of carboxylic acids is 1. The highest BCUT2D eigenvalue weighted by molar-refractivity contribution is 5.75. The van der Waals surface area contributed by atoms with Crippen molar-refractivity contribution < 1.29 is 29.0 Å². The van der Waals surface area contributed by atoms with E-state index < -0.39 is 24.0 Å². The van der Waals surface area contributed by atoms with Gasteiger partial charge >= 0.3 is 11.9 Å². The van der Waals surface area contributed by atoms with Gasteiger partial charge in [0.1, 0.15) is 0 Å². The minimum Gasteiger partial charge on any atom is -0.481 e. The van der Waals surface area contributed by atoms with Crippen molar-refractivity contribution in [2.45, 2.75) is 32.8 Å². The lowest BCUT2D eigenvalue weighted by Crippen LogP contribution is -2.23. The molecule has 0 fully saturated rings. The van der Waals surface area contributed by atoms with E-state index in [9.17, 15) is 14.4 Å². The molecule has 6 nitrogen and oxygen atoms in total. The van der Waals surface area contributed by atoms with E-state index in [0.717, 1.165) is 0 Å². The number of carbonyl (C=O) groups is 3. The first-order chi connectivity index (χ1) is 7.49. The fourth-order valence-corrected chi connectivity index (χ4v) is 0.942. The van der Waals surface area contributed by atoms with Crippen molar-refractivity contribution in [2.24, 2.45) is 5.92 Å². The van der Waals surface area contributed by atoms with Gasteiger partial charge < -0.3 is 14.6 Å². The first kappa shape index (κ1) is 14.4. The smallest absolute Gasteiger partial charge is 0.347 e. The minimum atomic E-state index is -0.922. The van der Waals surface area contributed by atoms with Gasteiger partial charge in [-0.3, -0.25) is 9.59 Å². The Hall–Kier alpha value is -1.59. The van der Waals surface area contributed by atoms with Gasteiger partial charge in [-0.2, -0.15) is 0 Å². The SMILES string of the molecule is CC(CCCOC(=O)C(C)OC=O)C(=O)O. The van der Waals surface area contributed by atoms with E-state index in [-0.39, 0.29) is 13.1 Å². The van der Waals surface area contributed by atoms with Crippen LogP contribution in [0.1, 0.15) is 26.7 Å². The van der Waals surface area contributed by atoms with Gasteiger partial charge in [0.25, 0.3) is 6.47 Å². The lowest BCUT2D eigenvalue weighted by Gasteiger charge is -2.10. The van der Waals surface area contributed by atoms with Crippen LogP contribution in [-0.2, 0) is 23.9 Å². The van der Waals surface area contributed by atoms with E-state index in [1.165, 1.54) is 6.92 Å². The van der Waals surface area contributed by atoms with Crippen molar-refractivity contribution in [2.75, 3.05) is 6.61 Å². The molecule has 0 heterocycles. The first-order valence-electron chi connectivity index (χ1n) is 4.97. The van der Waals surface area contributed by atoms with Crippen molar-refractivity contribution in [3.63, 3.8) is 0 Å². The molecule has 0 rings (SSSR count). The van der Waals surface area contributed by atoms with Crippen molar-refractivity contribution in [3.05, 3.63) is 0 Å². The predicted molar refractivity (Wildman–Crippen MR) is 53.6 cm³/mol.